The summed E-state index contributed by atoms with van der Waals surface area (Å²) < 4.78 is 0. The summed E-state index contributed by atoms with van der Waals surface area (Å²) in [5, 5.41) is 0. The number of hydrogen-bond acceptors (Lipinski definition) is 1. The highest BCUT2D eigenvalue weighted by Gasteiger charge is 2.19. The van der Waals surface area contributed by atoms with Gasteiger partial charge in [-0.05, 0) is 6.42 Å². The zero-order chi connectivity index (χ0) is 9.19. The molecule has 1 aromatic rings. The van der Waals surface area contributed by atoms with Crippen LogP contribution in [0.1, 0.15) is 45.6 Å². The van der Waals surface area contributed by atoms with Crippen molar-refractivity contribution in [1.82, 2.24) is 9.97 Å². The number of nitrogens with zero attached hydrogens (tertiary/aromatic N) is 1. The Balaban J connectivity index is 2.88. The minimum absolute atomic E-state index is 0.237. The summed E-state index contributed by atoms with van der Waals surface area (Å²) in [6, 6.07) is 0. The molecule has 0 saturated carbocycles. The summed E-state index contributed by atoms with van der Waals surface area (Å²) in [6.07, 6.45) is 4.08. The van der Waals surface area contributed by atoms with Crippen molar-refractivity contribution in [1.29, 1.82) is 0 Å². The average Bonchev–Trinajstić information content (AvgIpc) is 2.52. The Kier molecular flexibility index (Phi) is 2.55. The van der Waals surface area contributed by atoms with E-state index in [-0.39, 0.29) is 5.41 Å². The van der Waals surface area contributed by atoms with Gasteiger partial charge in [0.15, 0.2) is 0 Å². The number of hydrogen-bond donors (Lipinski definition) is 1. The van der Waals surface area contributed by atoms with Gasteiger partial charge in [0, 0.05) is 23.7 Å². The topological polar surface area (TPSA) is 28.7 Å². The molecule has 2 nitrogen and oxygen atoms in total. The lowest BCUT2D eigenvalue weighted by atomic mass is 9.87. The van der Waals surface area contributed by atoms with Crippen LogP contribution < -0.4 is 0 Å². The largest absolute Gasteiger partial charge is 0.345 e. The van der Waals surface area contributed by atoms with Crippen molar-refractivity contribution in [2.75, 3.05) is 0 Å². The maximum absolute atomic E-state index is 4.29. The Hall–Kier alpha value is -0.790. The number of imidazole rings is 1. The number of aryl methyl sites for hydroxylation is 1. The lowest BCUT2D eigenvalue weighted by Gasteiger charge is -2.20. The first-order valence-corrected chi connectivity index (χ1v) is 4.64. The van der Waals surface area contributed by atoms with Gasteiger partial charge in [-0.25, -0.2) is 4.98 Å². The minimum atomic E-state index is 0.237. The van der Waals surface area contributed by atoms with Crippen LogP contribution in [0.15, 0.2) is 6.20 Å². The average molecular weight is 166 g/mol. The van der Waals surface area contributed by atoms with Gasteiger partial charge in [0.05, 0.1) is 0 Å². The number of rotatable bonds is 3. The van der Waals surface area contributed by atoms with Crippen molar-refractivity contribution in [2.24, 2.45) is 0 Å². The molecule has 0 radical (unpaired) electrons. The molecule has 12 heavy (non-hydrogen) atoms. The SMILES string of the molecule is CCc1ncc(C(C)(C)CC)[nH]1. The molecule has 0 unspecified atom stereocenters. The van der Waals surface area contributed by atoms with Gasteiger partial charge in [-0.3, -0.25) is 0 Å². The first kappa shape index (κ1) is 9.30. The van der Waals surface area contributed by atoms with Gasteiger partial charge >= 0.3 is 0 Å². The molecule has 0 aromatic carbocycles. The van der Waals surface area contributed by atoms with Gasteiger partial charge in [-0.1, -0.05) is 27.7 Å². The molecule has 0 aliphatic heterocycles. The molecule has 1 rings (SSSR count). The van der Waals surface area contributed by atoms with Crippen LogP contribution in [0.3, 0.4) is 0 Å². The maximum Gasteiger partial charge on any atom is 0.105 e. The highest BCUT2D eigenvalue weighted by Crippen LogP contribution is 2.24. The van der Waals surface area contributed by atoms with Crippen LogP contribution in [0.25, 0.3) is 0 Å². The number of aromatic nitrogens is 2. The fraction of sp³-hybridized carbons (Fsp3) is 0.700. The van der Waals surface area contributed by atoms with Crippen molar-refractivity contribution in [2.45, 2.75) is 46.0 Å². The van der Waals surface area contributed by atoms with Gasteiger partial charge in [-0.2, -0.15) is 0 Å². The predicted octanol–water partition coefficient (Wildman–Crippen LogP) is 2.66. The molecule has 0 aliphatic rings. The van der Waals surface area contributed by atoms with Gasteiger partial charge in [0.2, 0.25) is 0 Å². The second kappa shape index (κ2) is 3.30. The summed E-state index contributed by atoms with van der Waals surface area (Å²) in [7, 11) is 0. The fourth-order valence-electron chi connectivity index (χ4n) is 1.08. The Morgan fingerprint density at radius 2 is 2.08 bits per heavy atom. The van der Waals surface area contributed by atoms with E-state index in [1.54, 1.807) is 0 Å². The van der Waals surface area contributed by atoms with Crippen molar-refractivity contribution < 1.29 is 0 Å². The summed E-state index contributed by atoms with van der Waals surface area (Å²) in [4.78, 5) is 7.64. The monoisotopic (exact) mass is 166 g/mol. The molecule has 0 spiro atoms. The van der Waals surface area contributed by atoms with Crippen LogP contribution in [-0.4, -0.2) is 9.97 Å². The number of nitrogens with one attached hydrogen (secondary N) is 1. The highest BCUT2D eigenvalue weighted by molar-refractivity contribution is 5.12. The summed E-state index contributed by atoms with van der Waals surface area (Å²) >= 11 is 0. The van der Waals surface area contributed by atoms with Crippen LogP contribution in [0.5, 0.6) is 0 Å². The summed E-state index contributed by atoms with van der Waals surface area (Å²) in [5.41, 5.74) is 1.49. The van der Waals surface area contributed by atoms with E-state index >= 15 is 0 Å². The zero-order valence-corrected chi connectivity index (χ0v) is 8.44. The zero-order valence-electron chi connectivity index (χ0n) is 8.44. The molecular weight excluding hydrogens is 148 g/mol. The Morgan fingerprint density at radius 3 is 2.50 bits per heavy atom. The van der Waals surface area contributed by atoms with Crippen molar-refractivity contribution in [3.8, 4) is 0 Å². The standard InChI is InChI=1S/C10H18N2/c1-5-9-11-7-8(12-9)10(3,4)6-2/h7H,5-6H2,1-4H3,(H,11,12). The third kappa shape index (κ3) is 1.68. The van der Waals surface area contributed by atoms with E-state index in [9.17, 15) is 0 Å². The van der Waals surface area contributed by atoms with E-state index < -0.39 is 0 Å². The molecule has 0 bridgehead atoms. The number of H-pyrrole nitrogens is 1. The molecule has 68 valence electrons. The van der Waals surface area contributed by atoms with E-state index in [1.807, 2.05) is 6.20 Å². The van der Waals surface area contributed by atoms with Gasteiger partial charge in [-0.15, -0.1) is 0 Å². The third-order valence-corrected chi connectivity index (χ3v) is 2.58. The second-order valence-corrected chi connectivity index (χ2v) is 3.83. The van der Waals surface area contributed by atoms with Crippen LogP contribution in [0.4, 0.5) is 0 Å². The lowest BCUT2D eigenvalue weighted by Crippen LogP contribution is -2.15. The Morgan fingerprint density at radius 1 is 1.42 bits per heavy atom. The summed E-state index contributed by atoms with van der Waals surface area (Å²) in [6.45, 7) is 8.79. The van der Waals surface area contributed by atoms with E-state index in [4.69, 9.17) is 0 Å². The maximum atomic E-state index is 4.29. The first-order valence-electron chi connectivity index (χ1n) is 4.64. The van der Waals surface area contributed by atoms with Gasteiger partial charge < -0.3 is 4.98 Å². The molecule has 1 heterocycles. The molecular formula is C10H18N2. The molecule has 0 atom stereocenters. The molecule has 0 aliphatic carbocycles. The van der Waals surface area contributed by atoms with Crippen LogP contribution in [0, 0.1) is 0 Å². The molecule has 0 saturated heterocycles. The highest BCUT2D eigenvalue weighted by atomic mass is 14.9. The van der Waals surface area contributed by atoms with Crippen molar-refractivity contribution in [3.63, 3.8) is 0 Å². The van der Waals surface area contributed by atoms with E-state index in [1.165, 1.54) is 5.69 Å². The molecule has 2 heteroatoms. The normalized spacial score (nSPS) is 12.0. The summed E-state index contributed by atoms with van der Waals surface area (Å²) in [5.74, 6) is 1.09. The minimum Gasteiger partial charge on any atom is -0.345 e. The lowest BCUT2D eigenvalue weighted by molar-refractivity contribution is 0.492. The third-order valence-electron chi connectivity index (χ3n) is 2.58. The molecule has 1 N–H and O–H groups in total. The first-order chi connectivity index (χ1) is 5.60. The number of aromatic amines is 1. The van der Waals surface area contributed by atoms with Crippen LogP contribution in [-0.2, 0) is 11.8 Å². The Bertz CT molecular complexity index is 248. The van der Waals surface area contributed by atoms with E-state index in [0.29, 0.717) is 0 Å². The second-order valence-electron chi connectivity index (χ2n) is 3.83. The van der Waals surface area contributed by atoms with Crippen molar-refractivity contribution in [3.05, 3.63) is 17.7 Å². The Labute approximate surface area is 74.4 Å². The quantitative estimate of drug-likeness (QED) is 0.734. The molecule has 0 amide bonds. The van der Waals surface area contributed by atoms with Crippen LogP contribution in [0.2, 0.25) is 0 Å². The fourth-order valence-corrected chi connectivity index (χ4v) is 1.08. The predicted molar refractivity (Wildman–Crippen MR) is 51.3 cm³/mol. The van der Waals surface area contributed by atoms with Crippen molar-refractivity contribution >= 4 is 0 Å². The van der Waals surface area contributed by atoms with Gasteiger partial charge in [0.1, 0.15) is 5.82 Å². The van der Waals surface area contributed by atoms with E-state index in [0.717, 1.165) is 18.7 Å². The van der Waals surface area contributed by atoms with E-state index in [2.05, 4.69) is 37.7 Å². The van der Waals surface area contributed by atoms with Gasteiger partial charge in [0.25, 0.3) is 0 Å². The smallest absolute Gasteiger partial charge is 0.105 e. The molecule has 0 fully saturated rings. The molecule has 1 aromatic heterocycles. The van der Waals surface area contributed by atoms with Crippen LogP contribution >= 0.6 is 0 Å².